The lowest BCUT2D eigenvalue weighted by molar-refractivity contribution is 0.576. The van der Waals surface area contributed by atoms with Gasteiger partial charge in [0.25, 0.3) is 0 Å². The van der Waals surface area contributed by atoms with Crippen LogP contribution in [-0.4, -0.2) is 17.0 Å². The van der Waals surface area contributed by atoms with Gasteiger partial charge < -0.3 is 5.32 Å². The molecule has 0 aliphatic carbocycles. The average molecular weight is 287 g/mol. The molecule has 2 rings (SSSR count). The van der Waals surface area contributed by atoms with Crippen molar-refractivity contribution in [2.24, 2.45) is 0 Å². The van der Waals surface area contributed by atoms with E-state index in [4.69, 9.17) is 0 Å². The van der Waals surface area contributed by atoms with Gasteiger partial charge in [-0.3, -0.25) is 0 Å². The van der Waals surface area contributed by atoms with Crippen molar-refractivity contribution in [1.29, 1.82) is 0 Å². The van der Waals surface area contributed by atoms with Gasteiger partial charge >= 0.3 is 0 Å². The monoisotopic (exact) mass is 287 g/mol. The summed E-state index contributed by atoms with van der Waals surface area (Å²) in [5.74, 6) is 0. The van der Waals surface area contributed by atoms with Crippen LogP contribution in [0.15, 0.2) is 40.4 Å². The molecule has 0 radical (unpaired) electrons. The summed E-state index contributed by atoms with van der Waals surface area (Å²) in [5.41, 5.74) is 3.34. The van der Waals surface area contributed by atoms with E-state index < -0.39 is 0 Å². The van der Waals surface area contributed by atoms with Gasteiger partial charge in [-0.15, -0.1) is 0 Å². The molecule has 4 heteroatoms. The molecular weight excluding hydrogens is 266 g/mol. The van der Waals surface area contributed by atoms with Crippen molar-refractivity contribution in [3.63, 3.8) is 0 Å². The fourth-order valence-electron chi connectivity index (χ4n) is 2.22. The minimum atomic E-state index is 0.423. The molecule has 2 aromatic rings. The van der Waals surface area contributed by atoms with Crippen molar-refractivity contribution in [2.75, 3.05) is 7.05 Å². The smallest absolute Gasteiger partial charge is 0.192 e. The van der Waals surface area contributed by atoms with Crippen LogP contribution in [0.25, 0.3) is 0 Å². The van der Waals surface area contributed by atoms with E-state index in [0.717, 1.165) is 23.0 Å². The highest BCUT2D eigenvalue weighted by molar-refractivity contribution is 7.99. The molecular formula is C16H21N3S. The van der Waals surface area contributed by atoms with E-state index in [1.54, 1.807) is 11.8 Å². The summed E-state index contributed by atoms with van der Waals surface area (Å²) in [6.07, 6.45) is 1.09. The highest BCUT2D eigenvalue weighted by Crippen LogP contribution is 2.27. The molecule has 106 valence electrons. The van der Waals surface area contributed by atoms with Crippen LogP contribution in [0.2, 0.25) is 0 Å². The van der Waals surface area contributed by atoms with Crippen molar-refractivity contribution in [2.45, 2.75) is 43.3 Å². The fraction of sp³-hybridized carbons (Fsp3) is 0.375. The Labute approximate surface area is 125 Å². The molecule has 0 aliphatic heterocycles. The minimum absolute atomic E-state index is 0.423. The summed E-state index contributed by atoms with van der Waals surface area (Å²) in [7, 11) is 2.00. The zero-order chi connectivity index (χ0) is 14.5. The Kier molecular flexibility index (Phi) is 5.15. The number of aromatic nitrogens is 2. The second-order valence-electron chi connectivity index (χ2n) is 4.85. The molecule has 1 heterocycles. The lowest BCUT2D eigenvalue weighted by Crippen LogP contribution is -2.14. The summed E-state index contributed by atoms with van der Waals surface area (Å²) >= 11 is 1.61. The van der Waals surface area contributed by atoms with Crippen molar-refractivity contribution in [1.82, 2.24) is 15.3 Å². The average Bonchev–Trinajstić information content (AvgIpc) is 2.41. The van der Waals surface area contributed by atoms with Crippen LogP contribution in [-0.2, 0) is 0 Å². The number of nitrogens with one attached hydrogen (secondary N) is 1. The van der Waals surface area contributed by atoms with E-state index >= 15 is 0 Å². The first-order valence-corrected chi connectivity index (χ1v) is 7.71. The number of hydrogen-bond acceptors (Lipinski definition) is 4. The van der Waals surface area contributed by atoms with E-state index in [0.29, 0.717) is 6.04 Å². The van der Waals surface area contributed by atoms with Gasteiger partial charge in [-0.05, 0) is 62.8 Å². The van der Waals surface area contributed by atoms with Crippen molar-refractivity contribution in [3.8, 4) is 0 Å². The Morgan fingerprint density at radius 2 is 1.70 bits per heavy atom. The zero-order valence-corrected chi connectivity index (χ0v) is 13.3. The number of nitrogens with zero attached hydrogens (tertiary/aromatic N) is 2. The molecule has 0 fully saturated rings. The molecule has 0 saturated heterocycles. The van der Waals surface area contributed by atoms with Crippen LogP contribution in [0.4, 0.5) is 0 Å². The van der Waals surface area contributed by atoms with Crippen LogP contribution in [0.1, 0.15) is 36.3 Å². The summed E-state index contributed by atoms with van der Waals surface area (Å²) < 4.78 is 0. The summed E-state index contributed by atoms with van der Waals surface area (Å²) in [5, 5.41) is 4.14. The SMILES string of the molecule is CCC(NC)c1ccc(Sc2nc(C)cc(C)n2)cc1. The third-order valence-electron chi connectivity index (χ3n) is 3.21. The topological polar surface area (TPSA) is 37.8 Å². The van der Waals surface area contributed by atoms with Crippen LogP contribution >= 0.6 is 11.8 Å². The molecule has 20 heavy (non-hydrogen) atoms. The lowest BCUT2D eigenvalue weighted by atomic mass is 10.1. The molecule has 1 N–H and O–H groups in total. The van der Waals surface area contributed by atoms with Gasteiger partial charge in [-0.2, -0.15) is 0 Å². The second kappa shape index (κ2) is 6.86. The van der Waals surface area contributed by atoms with Crippen LogP contribution in [0, 0.1) is 13.8 Å². The Hall–Kier alpha value is -1.39. The van der Waals surface area contributed by atoms with Gasteiger partial charge in [0, 0.05) is 22.3 Å². The van der Waals surface area contributed by atoms with Crippen LogP contribution in [0.5, 0.6) is 0 Å². The number of rotatable bonds is 5. The summed E-state index contributed by atoms with van der Waals surface area (Å²) in [4.78, 5) is 10.1. The first kappa shape index (κ1) is 15.0. The maximum atomic E-state index is 4.46. The van der Waals surface area contributed by atoms with Crippen LogP contribution in [0.3, 0.4) is 0 Å². The molecule has 0 bridgehead atoms. The van der Waals surface area contributed by atoms with E-state index in [2.05, 4.69) is 46.5 Å². The Balaban J connectivity index is 2.14. The Morgan fingerprint density at radius 1 is 1.10 bits per heavy atom. The highest BCUT2D eigenvalue weighted by Gasteiger charge is 2.07. The standard InChI is InChI=1S/C16H21N3S/c1-5-15(17-4)13-6-8-14(9-7-13)20-16-18-11(2)10-12(3)19-16/h6-10,15,17H,5H2,1-4H3. The highest BCUT2D eigenvalue weighted by atomic mass is 32.2. The fourth-order valence-corrected chi connectivity index (χ4v) is 3.08. The van der Waals surface area contributed by atoms with Crippen molar-refractivity contribution in [3.05, 3.63) is 47.3 Å². The Morgan fingerprint density at radius 3 is 2.20 bits per heavy atom. The molecule has 0 spiro atoms. The lowest BCUT2D eigenvalue weighted by Gasteiger charge is -2.14. The molecule has 1 aromatic carbocycles. The molecule has 0 saturated carbocycles. The Bertz CT molecular complexity index is 542. The number of aryl methyl sites for hydroxylation is 2. The normalized spacial score (nSPS) is 12.4. The minimum Gasteiger partial charge on any atom is -0.313 e. The molecule has 0 amide bonds. The first-order chi connectivity index (χ1) is 9.62. The van der Waals surface area contributed by atoms with Crippen molar-refractivity contribution < 1.29 is 0 Å². The number of benzene rings is 1. The van der Waals surface area contributed by atoms with E-state index in [-0.39, 0.29) is 0 Å². The predicted molar refractivity (Wildman–Crippen MR) is 84.2 cm³/mol. The molecule has 3 nitrogen and oxygen atoms in total. The molecule has 1 atom stereocenters. The maximum Gasteiger partial charge on any atom is 0.192 e. The first-order valence-electron chi connectivity index (χ1n) is 6.89. The van der Waals surface area contributed by atoms with E-state index in [9.17, 15) is 0 Å². The van der Waals surface area contributed by atoms with Gasteiger partial charge in [0.05, 0.1) is 0 Å². The van der Waals surface area contributed by atoms with E-state index in [1.165, 1.54) is 10.5 Å². The summed E-state index contributed by atoms with van der Waals surface area (Å²) in [6.45, 7) is 6.19. The quantitative estimate of drug-likeness (QED) is 0.846. The van der Waals surface area contributed by atoms with E-state index in [1.807, 2.05) is 27.0 Å². The predicted octanol–water partition coefficient (Wildman–Crippen LogP) is 3.92. The van der Waals surface area contributed by atoms with Crippen molar-refractivity contribution >= 4 is 11.8 Å². The molecule has 0 aliphatic rings. The molecule has 1 aromatic heterocycles. The maximum absolute atomic E-state index is 4.46. The largest absolute Gasteiger partial charge is 0.313 e. The zero-order valence-electron chi connectivity index (χ0n) is 12.5. The second-order valence-corrected chi connectivity index (χ2v) is 5.89. The van der Waals surface area contributed by atoms with Crippen LogP contribution < -0.4 is 5.32 Å². The van der Waals surface area contributed by atoms with Gasteiger partial charge in [0.15, 0.2) is 5.16 Å². The van der Waals surface area contributed by atoms with Gasteiger partial charge in [-0.1, -0.05) is 19.1 Å². The summed E-state index contributed by atoms with van der Waals surface area (Å²) in [6, 6.07) is 11.0. The van der Waals surface area contributed by atoms with Gasteiger partial charge in [0.1, 0.15) is 0 Å². The third kappa shape index (κ3) is 3.81. The number of hydrogen-bond donors (Lipinski definition) is 1. The third-order valence-corrected chi connectivity index (χ3v) is 4.08. The molecule has 1 unspecified atom stereocenters. The van der Waals surface area contributed by atoms with Gasteiger partial charge in [0.2, 0.25) is 0 Å². The van der Waals surface area contributed by atoms with Gasteiger partial charge in [-0.25, -0.2) is 9.97 Å².